The van der Waals surface area contributed by atoms with Crippen molar-refractivity contribution in [3.8, 4) is 0 Å². The maximum atomic E-state index is 11.3. The van der Waals surface area contributed by atoms with Gasteiger partial charge in [-0.25, -0.2) is 0 Å². The van der Waals surface area contributed by atoms with Gasteiger partial charge in [0.15, 0.2) is 3.79 Å². The second-order valence-corrected chi connectivity index (χ2v) is 7.73. The van der Waals surface area contributed by atoms with Crippen molar-refractivity contribution < 1.29 is 9.53 Å². The molecule has 0 aliphatic carbocycles. The van der Waals surface area contributed by atoms with Gasteiger partial charge in [0, 0.05) is 23.6 Å². The second kappa shape index (κ2) is 7.28. The molecule has 0 aliphatic rings. The van der Waals surface area contributed by atoms with Crippen molar-refractivity contribution in [2.45, 2.75) is 49.2 Å². The Hall–Kier alpha value is 0.630. The standard InChI is InChI=1S/C11H18Cl4O2/c1-4-5-9(16)17-7-10(2,3)8(12)6-11(13,14)15/h8H,4-7H2,1-3H3. The van der Waals surface area contributed by atoms with Crippen LogP contribution in [-0.4, -0.2) is 21.7 Å². The molecule has 6 heteroatoms. The van der Waals surface area contributed by atoms with Crippen LogP contribution < -0.4 is 0 Å². The molecule has 2 nitrogen and oxygen atoms in total. The predicted molar refractivity (Wildman–Crippen MR) is 74.2 cm³/mol. The van der Waals surface area contributed by atoms with Gasteiger partial charge in [-0.3, -0.25) is 4.79 Å². The first-order valence-electron chi connectivity index (χ1n) is 5.45. The van der Waals surface area contributed by atoms with Gasteiger partial charge >= 0.3 is 5.97 Å². The molecule has 0 N–H and O–H groups in total. The minimum absolute atomic E-state index is 0.206. The fourth-order valence-corrected chi connectivity index (χ4v) is 2.11. The minimum Gasteiger partial charge on any atom is -0.465 e. The quantitative estimate of drug-likeness (QED) is 0.522. The zero-order chi connectivity index (χ0) is 13.7. The highest BCUT2D eigenvalue weighted by molar-refractivity contribution is 6.67. The number of ether oxygens (including phenoxy) is 1. The van der Waals surface area contributed by atoms with Crippen molar-refractivity contribution >= 4 is 52.4 Å². The lowest BCUT2D eigenvalue weighted by molar-refractivity contribution is -0.146. The normalized spacial score (nSPS) is 14.5. The Bertz CT molecular complexity index is 248. The van der Waals surface area contributed by atoms with Crippen LogP contribution in [0.15, 0.2) is 0 Å². The molecular weight excluding hydrogens is 306 g/mol. The summed E-state index contributed by atoms with van der Waals surface area (Å²) < 4.78 is 3.74. The third-order valence-corrected chi connectivity index (χ3v) is 3.53. The molecule has 0 fully saturated rings. The van der Waals surface area contributed by atoms with Gasteiger partial charge in [-0.15, -0.1) is 11.6 Å². The van der Waals surface area contributed by atoms with Gasteiger partial charge in [-0.05, 0) is 6.42 Å². The fraction of sp³-hybridized carbons (Fsp3) is 0.909. The van der Waals surface area contributed by atoms with Crippen LogP contribution in [0.2, 0.25) is 0 Å². The third kappa shape index (κ3) is 8.36. The fourth-order valence-electron chi connectivity index (χ4n) is 1.11. The van der Waals surface area contributed by atoms with E-state index in [0.717, 1.165) is 6.42 Å². The maximum Gasteiger partial charge on any atom is 0.305 e. The summed E-state index contributed by atoms with van der Waals surface area (Å²) in [5.41, 5.74) is -0.436. The Labute approximate surface area is 123 Å². The minimum atomic E-state index is -1.39. The lowest BCUT2D eigenvalue weighted by Crippen LogP contribution is -2.33. The molecule has 17 heavy (non-hydrogen) atoms. The van der Waals surface area contributed by atoms with Crippen LogP contribution in [0.25, 0.3) is 0 Å². The summed E-state index contributed by atoms with van der Waals surface area (Å²) >= 11 is 23.2. The molecule has 0 radical (unpaired) electrons. The number of hydrogen-bond acceptors (Lipinski definition) is 2. The monoisotopic (exact) mass is 322 g/mol. The maximum absolute atomic E-state index is 11.3. The van der Waals surface area contributed by atoms with E-state index in [0.29, 0.717) is 6.42 Å². The summed E-state index contributed by atoms with van der Waals surface area (Å²) in [6, 6.07) is 0. The number of hydrogen-bond donors (Lipinski definition) is 0. The van der Waals surface area contributed by atoms with E-state index in [9.17, 15) is 4.79 Å². The predicted octanol–water partition coefficient (Wildman–Crippen LogP) is 4.72. The highest BCUT2D eigenvalue weighted by Crippen LogP contribution is 2.39. The molecule has 0 saturated heterocycles. The number of halogens is 4. The number of carbonyl (C=O) groups is 1. The average Bonchev–Trinajstić information content (AvgIpc) is 2.12. The summed E-state index contributed by atoms with van der Waals surface area (Å²) in [5, 5.41) is -0.385. The van der Waals surface area contributed by atoms with Gasteiger partial charge in [-0.1, -0.05) is 55.6 Å². The molecule has 0 heterocycles. The second-order valence-electron chi connectivity index (χ2n) is 4.69. The van der Waals surface area contributed by atoms with Gasteiger partial charge < -0.3 is 4.74 Å². The van der Waals surface area contributed by atoms with E-state index in [1.54, 1.807) is 0 Å². The number of alkyl halides is 4. The Morgan fingerprint density at radius 2 is 1.82 bits per heavy atom. The summed E-state index contributed by atoms with van der Waals surface area (Å²) in [7, 11) is 0. The molecule has 0 aliphatic heterocycles. The summed E-state index contributed by atoms with van der Waals surface area (Å²) in [6.07, 6.45) is 1.38. The van der Waals surface area contributed by atoms with Crippen molar-refractivity contribution in [1.82, 2.24) is 0 Å². The van der Waals surface area contributed by atoms with E-state index >= 15 is 0 Å². The number of esters is 1. The topological polar surface area (TPSA) is 26.3 Å². The molecule has 0 rings (SSSR count). The van der Waals surface area contributed by atoms with Crippen molar-refractivity contribution in [2.24, 2.45) is 5.41 Å². The van der Waals surface area contributed by atoms with E-state index in [1.165, 1.54) is 0 Å². The molecule has 0 bridgehead atoms. The largest absolute Gasteiger partial charge is 0.465 e. The molecule has 0 saturated carbocycles. The number of carbonyl (C=O) groups excluding carboxylic acids is 1. The van der Waals surface area contributed by atoms with Crippen LogP contribution in [0, 0.1) is 5.41 Å². The van der Waals surface area contributed by atoms with E-state index < -0.39 is 9.21 Å². The zero-order valence-electron chi connectivity index (χ0n) is 10.2. The molecule has 1 atom stereocenters. The molecule has 1 unspecified atom stereocenters. The zero-order valence-corrected chi connectivity index (χ0v) is 13.3. The Kier molecular flexibility index (Phi) is 7.55. The van der Waals surface area contributed by atoms with Gasteiger partial charge in [0.2, 0.25) is 0 Å². The van der Waals surface area contributed by atoms with Crippen LogP contribution in [0.1, 0.15) is 40.0 Å². The van der Waals surface area contributed by atoms with Gasteiger partial charge in [0.05, 0.1) is 6.61 Å². The summed E-state index contributed by atoms with van der Waals surface area (Å²) in [5.74, 6) is -0.224. The summed E-state index contributed by atoms with van der Waals surface area (Å²) in [4.78, 5) is 11.3. The van der Waals surface area contributed by atoms with Crippen LogP contribution in [0.4, 0.5) is 0 Å². The van der Waals surface area contributed by atoms with Crippen molar-refractivity contribution in [3.63, 3.8) is 0 Å². The Morgan fingerprint density at radius 1 is 1.29 bits per heavy atom. The molecule has 0 amide bonds. The van der Waals surface area contributed by atoms with Crippen LogP contribution >= 0.6 is 46.4 Å². The third-order valence-electron chi connectivity index (χ3n) is 2.32. The molecule has 0 aromatic rings. The van der Waals surface area contributed by atoms with Gasteiger partial charge in [0.1, 0.15) is 0 Å². The first-order chi connectivity index (χ1) is 7.58. The van der Waals surface area contributed by atoms with Crippen LogP contribution in [0.5, 0.6) is 0 Å². The molecule has 0 aromatic carbocycles. The van der Waals surface area contributed by atoms with Gasteiger partial charge in [-0.2, -0.15) is 0 Å². The first-order valence-corrected chi connectivity index (χ1v) is 7.02. The molecule has 0 aromatic heterocycles. The molecule has 0 spiro atoms. The lowest BCUT2D eigenvalue weighted by Gasteiger charge is -2.31. The van der Waals surface area contributed by atoms with E-state index in [2.05, 4.69) is 0 Å². The summed E-state index contributed by atoms with van der Waals surface area (Å²) in [6.45, 7) is 5.89. The van der Waals surface area contributed by atoms with Crippen LogP contribution in [0.3, 0.4) is 0 Å². The highest BCUT2D eigenvalue weighted by atomic mass is 35.6. The Morgan fingerprint density at radius 3 is 2.24 bits per heavy atom. The Balaban J connectivity index is 4.22. The van der Waals surface area contributed by atoms with E-state index in [-0.39, 0.29) is 24.4 Å². The molecular formula is C11H18Cl4O2. The van der Waals surface area contributed by atoms with E-state index in [4.69, 9.17) is 51.1 Å². The first kappa shape index (κ1) is 17.6. The lowest BCUT2D eigenvalue weighted by atomic mass is 9.88. The van der Waals surface area contributed by atoms with Crippen molar-refractivity contribution in [1.29, 1.82) is 0 Å². The van der Waals surface area contributed by atoms with Gasteiger partial charge in [0.25, 0.3) is 0 Å². The smallest absolute Gasteiger partial charge is 0.305 e. The van der Waals surface area contributed by atoms with E-state index in [1.807, 2.05) is 20.8 Å². The van der Waals surface area contributed by atoms with Crippen molar-refractivity contribution in [2.75, 3.05) is 6.61 Å². The SMILES string of the molecule is CCCC(=O)OCC(C)(C)C(Cl)CC(Cl)(Cl)Cl. The number of rotatable bonds is 6. The van der Waals surface area contributed by atoms with Crippen LogP contribution in [-0.2, 0) is 9.53 Å². The van der Waals surface area contributed by atoms with Crippen molar-refractivity contribution in [3.05, 3.63) is 0 Å². The highest BCUT2D eigenvalue weighted by Gasteiger charge is 2.35. The molecule has 102 valence electrons. The average molecular weight is 324 g/mol.